The summed E-state index contributed by atoms with van der Waals surface area (Å²) >= 11 is 0. The number of hydrogen-bond acceptors (Lipinski definition) is 2. The van der Waals surface area contributed by atoms with Crippen molar-refractivity contribution in [2.45, 2.75) is 43.9 Å². The highest BCUT2D eigenvalue weighted by Crippen LogP contribution is 2.70. The molecule has 4 bridgehead atoms. The highest BCUT2D eigenvalue weighted by Gasteiger charge is 2.67. The van der Waals surface area contributed by atoms with Crippen LogP contribution in [0.5, 0.6) is 5.75 Å². The number of benzene rings is 1. The molecule has 4 saturated carbocycles. The first-order valence-corrected chi connectivity index (χ1v) is 10.0. The molecule has 3 nitrogen and oxygen atoms in total. The number of alkyl halides is 3. The molecule has 7 unspecified atom stereocenters. The van der Waals surface area contributed by atoms with E-state index < -0.39 is 23.3 Å². The molecule has 1 aromatic rings. The van der Waals surface area contributed by atoms with Crippen molar-refractivity contribution in [3.8, 4) is 5.75 Å². The number of carbonyl (C=O) groups is 1. The van der Waals surface area contributed by atoms with Crippen molar-refractivity contribution < 1.29 is 27.8 Å². The van der Waals surface area contributed by atoms with Crippen LogP contribution in [-0.4, -0.2) is 16.7 Å². The zero-order valence-corrected chi connectivity index (χ0v) is 15.4. The molecule has 1 aromatic carbocycles. The molecule has 6 heteroatoms. The largest absolute Gasteiger partial charge is 0.482 e. The topological polar surface area (TPSA) is 46.5 Å². The molecule has 0 amide bonds. The van der Waals surface area contributed by atoms with Crippen LogP contribution in [0.15, 0.2) is 30.9 Å². The zero-order chi connectivity index (χ0) is 19.8. The van der Waals surface area contributed by atoms with Gasteiger partial charge < -0.3 is 9.84 Å². The molecule has 0 saturated heterocycles. The Bertz CT molecular complexity index is 848. The summed E-state index contributed by atoms with van der Waals surface area (Å²) in [5, 5.41) is 9.23. The van der Waals surface area contributed by atoms with Crippen molar-refractivity contribution in [3.63, 3.8) is 0 Å². The van der Waals surface area contributed by atoms with Crippen molar-refractivity contribution in [2.24, 2.45) is 35.5 Å². The lowest BCUT2D eigenvalue weighted by Crippen LogP contribution is -2.47. The summed E-state index contributed by atoms with van der Waals surface area (Å²) in [5.41, 5.74) is -1.97. The van der Waals surface area contributed by atoms with Crippen molar-refractivity contribution in [3.05, 3.63) is 42.0 Å². The first-order valence-electron chi connectivity index (χ1n) is 10.0. The lowest BCUT2D eigenvalue weighted by molar-refractivity contribution is -0.140. The van der Waals surface area contributed by atoms with Crippen LogP contribution < -0.4 is 4.74 Å². The number of aromatic carboxylic acids is 1. The SMILES string of the molecule is C=CC1(Oc2cc(C(=O)O)ccc2C(F)(F)F)CC2CC1C1C3CCC(C3)C21. The Kier molecular flexibility index (Phi) is 3.72. The summed E-state index contributed by atoms with van der Waals surface area (Å²) < 4.78 is 46.8. The van der Waals surface area contributed by atoms with Gasteiger partial charge in [-0.25, -0.2) is 4.79 Å². The van der Waals surface area contributed by atoms with Crippen LogP contribution in [0.1, 0.15) is 48.0 Å². The Morgan fingerprint density at radius 3 is 2.54 bits per heavy atom. The Labute approximate surface area is 161 Å². The third kappa shape index (κ3) is 2.39. The van der Waals surface area contributed by atoms with Gasteiger partial charge >= 0.3 is 12.1 Å². The Morgan fingerprint density at radius 1 is 1.18 bits per heavy atom. The van der Waals surface area contributed by atoms with Crippen LogP contribution in [-0.2, 0) is 6.18 Å². The van der Waals surface area contributed by atoms with Gasteiger partial charge in [0.15, 0.2) is 0 Å². The van der Waals surface area contributed by atoms with E-state index in [-0.39, 0.29) is 17.2 Å². The lowest BCUT2D eigenvalue weighted by Gasteiger charge is -2.45. The van der Waals surface area contributed by atoms with Crippen LogP contribution in [0.2, 0.25) is 0 Å². The quantitative estimate of drug-likeness (QED) is 0.551. The smallest absolute Gasteiger partial charge is 0.419 e. The molecule has 150 valence electrons. The molecule has 0 aromatic heterocycles. The molecule has 0 aliphatic heterocycles. The van der Waals surface area contributed by atoms with Crippen LogP contribution in [0, 0.1) is 35.5 Å². The van der Waals surface area contributed by atoms with Gasteiger partial charge in [0.25, 0.3) is 0 Å². The van der Waals surface area contributed by atoms with E-state index in [0.29, 0.717) is 30.1 Å². The minimum Gasteiger partial charge on any atom is -0.482 e. The van der Waals surface area contributed by atoms with E-state index in [4.69, 9.17) is 4.74 Å². The highest BCUT2D eigenvalue weighted by atomic mass is 19.4. The van der Waals surface area contributed by atoms with E-state index in [1.807, 2.05) is 0 Å². The van der Waals surface area contributed by atoms with Crippen molar-refractivity contribution in [1.82, 2.24) is 0 Å². The van der Waals surface area contributed by atoms with E-state index in [1.54, 1.807) is 6.08 Å². The van der Waals surface area contributed by atoms with Crippen LogP contribution in [0.4, 0.5) is 13.2 Å². The van der Waals surface area contributed by atoms with E-state index >= 15 is 0 Å². The van der Waals surface area contributed by atoms with E-state index in [0.717, 1.165) is 30.5 Å². The number of fused-ring (bicyclic) bond motifs is 9. The minimum absolute atomic E-state index is 0.171. The normalized spacial score (nSPS) is 40.5. The molecule has 28 heavy (non-hydrogen) atoms. The van der Waals surface area contributed by atoms with Gasteiger partial charge in [0.1, 0.15) is 11.4 Å². The fourth-order valence-corrected chi connectivity index (χ4v) is 7.20. The fraction of sp³-hybridized carbons (Fsp3) is 0.591. The van der Waals surface area contributed by atoms with Crippen LogP contribution in [0.3, 0.4) is 0 Å². The molecule has 4 aliphatic rings. The van der Waals surface area contributed by atoms with Gasteiger partial charge in [-0.2, -0.15) is 13.2 Å². The minimum atomic E-state index is -4.61. The van der Waals surface area contributed by atoms with Crippen LogP contribution in [0.25, 0.3) is 0 Å². The van der Waals surface area contributed by atoms with Crippen LogP contribution >= 0.6 is 0 Å². The fourth-order valence-electron chi connectivity index (χ4n) is 7.20. The second kappa shape index (κ2) is 5.77. The lowest BCUT2D eigenvalue weighted by atomic mass is 9.65. The molecule has 0 radical (unpaired) electrons. The van der Waals surface area contributed by atoms with E-state index in [9.17, 15) is 23.1 Å². The molecular weight excluding hydrogens is 369 g/mol. The third-order valence-electron chi connectivity index (χ3n) is 8.00. The first-order chi connectivity index (χ1) is 13.2. The van der Waals surface area contributed by atoms with Gasteiger partial charge in [0.05, 0.1) is 11.1 Å². The number of ether oxygens (including phenoxy) is 1. The predicted octanol–water partition coefficient (Wildman–Crippen LogP) is 5.41. The number of rotatable bonds is 4. The van der Waals surface area contributed by atoms with Crippen molar-refractivity contribution in [1.29, 1.82) is 0 Å². The molecule has 4 fully saturated rings. The molecule has 1 N–H and O–H groups in total. The average Bonchev–Trinajstić information content (AvgIpc) is 3.39. The first kappa shape index (κ1) is 18.1. The Morgan fingerprint density at radius 2 is 1.89 bits per heavy atom. The van der Waals surface area contributed by atoms with Gasteiger partial charge in [0, 0.05) is 5.92 Å². The van der Waals surface area contributed by atoms with Crippen molar-refractivity contribution in [2.75, 3.05) is 0 Å². The molecule has 0 spiro atoms. The number of halogens is 3. The van der Waals surface area contributed by atoms with Gasteiger partial charge in [-0.3, -0.25) is 0 Å². The summed E-state index contributed by atoms with van der Waals surface area (Å²) in [6.07, 6.45) is 2.49. The van der Waals surface area contributed by atoms with Gasteiger partial charge in [-0.1, -0.05) is 6.58 Å². The molecule has 5 rings (SSSR count). The summed E-state index contributed by atoms with van der Waals surface area (Å²) in [5.74, 6) is 1.60. The maximum absolute atomic E-state index is 13.6. The Balaban J connectivity index is 1.53. The van der Waals surface area contributed by atoms with E-state index in [2.05, 4.69) is 6.58 Å². The number of carboxylic acids is 1. The summed E-state index contributed by atoms with van der Waals surface area (Å²) in [6.45, 7) is 3.93. The van der Waals surface area contributed by atoms with E-state index in [1.165, 1.54) is 19.3 Å². The third-order valence-corrected chi connectivity index (χ3v) is 8.00. The number of hydrogen-bond donors (Lipinski definition) is 1. The maximum atomic E-state index is 13.6. The average molecular weight is 392 g/mol. The zero-order valence-electron chi connectivity index (χ0n) is 15.4. The second-order valence-electron chi connectivity index (χ2n) is 9.07. The monoisotopic (exact) mass is 392 g/mol. The molecule has 0 heterocycles. The van der Waals surface area contributed by atoms with Gasteiger partial charge in [0.2, 0.25) is 0 Å². The summed E-state index contributed by atoms with van der Waals surface area (Å²) in [7, 11) is 0. The molecule has 4 aliphatic carbocycles. The summed E-state index contributed by atoms with van der Waals surface area (Å²) in [4.78, 5) is 11.3. The predicted molar refractivity (Wildman–Crippen MR) is 96.0 cm³/mol. The Hall–Kier alpha value is -1.98. The van der Waals surface area contributed by atoms with Crippen molar-refractivity contribution >= 4 is 5.97 Å². The molecule has 7 atom stereocenters. The second-order valence-corrected chi connectivity index (χ2v) is 9.07. The van der Waals surface area contributed by atoms with Gasteiger partial charge in [-0.15, -0.1) is 0 Å². The molecular formula is C22H23F3O3. The van der Waals surface area contributed by atoms with Gasteiger partial charge in [-0.05, 0) is 86.0 Å². The summed E-state index contributed by atoms with van der Waals surface area (Å²) in [6, 6.07) is 2.80. The standard InChI is InChI=1S/C22H23F3O3/c1-2-21(10-14-8-16(21)19-12-4-3-11(7-12)18(14)19)28-17-9-13(20(26)27)5-6-15(17)22(23,24)25/h2,5-6,9,11-12,14,16,18-19H,1,3-4,7-8,10H2,(H,26,27). The maximum Gasteiger partial charge on any atom is 0.419 e. The highest BCUT2D eigenvalue weighted by molar-refractivity contribution is 5.88. The number of carboxylic acid groups (broad SMARTS) is 1.